The van der Waals surface area contributed by atoms with Crippen LogP contribution in [0.15, 0.2) is 60.1 Å². The van der Waals surface area contributed by atoms with Gasteiger partial charge in [-0.05, 0) is 55.2 Å². The Morgan fingerprint density at radius 3 is 2.52 bits per heavy atom. The molecule has 2 amide bonds. The average Bonchev–Trinajstić information content (AvgIpc) is 3.53. The van der Waals surface area contributed by atoms with Crippen molar-refractivity contribution in [1.29, 1.82) is 0 Å². The molecule has 0 radical (unpaired) electrons. The second kappa shape index (κ2) is 10.8. The van der Waals surface area contributed by atoms with E-state index >= 15 is 0 Å². The quantitative estimate of drug-likeness (QED) is 0.500. The van der Waals surface area contributed by atoms with E-state index in [0.29, 0.717) is 18.9 Å². The molecule has 0 bridgehead atoms. The third-order valence-corrected chi connectivity index (χ3v) is 7.46. The molecular weight excluding hydrogens is 432 g/mol. The summed E-state index contributed by atoms with van der Waals surface area (Å²) in [6.45, 7) is 4.05. The van der Waals surface area contributed by atoms with Crippen LogP contribution < -0.4 is 0 Å². The van der Waals surface area contributed by atoms with E-state index < -0.39 is 0 Å². The van der Waals surface area contributed by atoms with Gasteiger partial charge in [0.2, 0.25) is 5.91 Å². The molecule has 0 N–H and O–H groups in total. The van der Waals surface area contributed by atoms with E-state index in [1.807, 2.05) is 64.3 Å². The molecule has 0 saturated carbocycles. The lowest BCUT2D eigenvalue weighted by Gasteiger charge is -2.40. The first kappa shape index (κ1) is 23.2. The zero-order chi connectivity index (χ0) is 23.2. The number of likely N-dealkylation sites (N-methyl/N-ethyl adjacent to an activating group) is 1. The molecule has 1 fully saturated rings. The van der Waals surface area contributed by atoms with Gasteiger partial charge in [0.05, 0.1) is 10.6 Å². The lowest BCUT2D eigenvalue weighted by Crippen LogP contribution is -2.48. The first-order chi connectivity index (χ1) is 16.0. The van der Waals surface area contributed by atoms with Crippen LogP contribution in [0.5, 0.6) is 0 Å². The summed E-state index contributed by atoms with van der Waals surface area (Å²) < 4.78 is 1.83. The Morgan fingerprint density at radius 2 is 1.88 bits per heavy atom. The first-order valence-corrected chi connectivity index (χ1v) is 12.5. The third kappa shape index (κ3) is 5.90. The van der Waals surface area contributed by atoms with Crippen LogP contribution in [0.25, 0.3) is 0 Å². The molecule has 33 heavy (non-hydrogen) atoms. The van der Waals surface area contributed by atoms with E-state index in [0.717, 1.165) is 42.9 Å². The number of aryl methyl sites for hydroxylation is 2. The predicted molar refractivity (Wildman–Crippen MR) is 131 cm³/mol. The van der Waals surface area contributed by atoms with Gasteiger partial charge < -0.3 is 9.80 Å². The number of rotatable bonds is 8. The van der Waals surface area contributed by atoms with E-state index in [1.165, 1.54) is 16.9 Å². The number of amides is 2. The summed E-state index contributed by atoms with van der Waals surface area (Å²) in [6.07, 6.45) is 5.03. The Morgan fingerprint density at radius 1 is 1.12 bits per heavy atom. The fourth-order valence-electron chi connectivity index (χ4n) is 4.69. The molecule has 3 heterocycles. The number of carbonyl (C=O) groups is 2. The molecule has 7 heteroatoms. The first-order valence-electron chi connectivity index (χ1n) is 11.6. The van der Waals surface area contributed by atoms with E-state index in [-0.39, 0.29) is 17.9 Å². The molecule has 0 aliphatic carbocycles. The average molecular weight is 465 g/mol. The van der Waals surface area contributed by atoms with Gasteiger partial charge in [-0.15, -0.1) is 11.3 Å². The summed E-state index contributed by atoms with van der Waals surface area (Å²) in [4.78, 5) is 30.6. The fraction of sp³-hybridized carbons (Fsp3) is 0.423. The van der Waals surface area contributed by atoms with Gasteiger partial charge in [-0.2, -0.15) is 5.10 Å². The van der Waals surface area contributed by atoms with Crippen molar-refractivity contribution in [3.05, 3.63) is 76.2 Å². The van der Waals surface area contributed by atoms with Crippen molar-refractivity contribution in [2.75, 3.05) is 20.1 Å². The largest absolute Gasteiger partial charge is 0.343 e. The Kier molecular flexibility index (Phi) is 7.60. The lowest BCUT2D eigenvalue weighted by atomic mass is 9.84. The summed E-state index contributed by atoms with van der Waals surface area (Å²) in [7, 11) is 1.93. The minimum atomic E-state index is 0.0824. The number of hydrogen-bond acceptors (Lipinski definition) is 4. The smallest absolute Gasteiger partial charge is 0.263 e. The van der Waals surface area contributed by atoms with Crippen molar-refractivity contribution in [3.63, 3.8) is 0 Å². The summed E-state index contributed by atoms with van der Waals surface area (Å²) in [5.74, 6) is 0.625. The van der Waals surface area contributed by atoms with Gasteiger partial charge in [0, 0.05) is 45.3 Å². The zero-order valence-electron chi connectivity index (χ0n) is 19.4. The molecule has 1 aliphatic rings. The molecule has 174 valence electrons. The van der Waals surface area contributed by atoms with E-state index in [9.17, 15) is 9.59 Å². The maximum atomic E-state index is 13.1. The van der Waals surface area contributed by atoms with E-state index in [1.54, 1.807) is 0 Å². The van der Waals surface area contributed by atoms with Crippen molar-refractivity contribution in [1.82, 2.24) is 19.6 Å². The van der Waals surface area contributed by atoms with Gasteiger partial charge in [0.1, 0.15) is 0 Å². The summed E-state index contributed by atoms with van der Waals surface area (Å²) >= 11 is 1.49. The normalized spacial score (nSPS) is 15.4. The second-order valence-electron chi connectivity index (χ2n) is 8.84. The number of piperidine rings is 1. The van der Waals surface area contributed by atoms with Gasteiger partial charge in [-0.1, -0.05) is 36.4 Å². The van der Waals surface area contributed by atoms with Crippen molar-refractivity contribution in [2.24, 2.45) is 5.92 Å². The monoisotopic (exact) mass is 464 g/mol. The summed E-state index contributed by atoms with van der Waals surface area (Å²) in [5, 5.41) is 6.32. The molecule has 3 aromatic rings. The molecule has 4 rings (SSSR count). The maximum absolute atomic E-state index is 13.1. The number of thiophene rings is 1. The zero-order valence-corrected chi connectivity index (χ0v) is 20.2. The topological polar surface area (TPSA) is 58.4 Å². The number of hydrogen-bond donors (Lipinski definition) is 0. The van der Waals surface area contributed by atoms with E-state index in [2.05, 4.69) is 29.4 Å². The summed E-state index contributed by atoms with van der Waals surface area (Å²) in [5.41, 5.74) is 2.20. The molecule has 1 aromatic carbocycles. The highest BCUT2D eigenvalue weighted by Gasteiger charge is 2.33. The Hall–Kier alpha value is -2.93. The molecular formula is C26H32N4O2S. The number of nitrogens with zero attached hydrogens (tertiary/aromatic N) is 4. The highest BCUT2D eigenvalue weighted by molar-refractivity contribution is 7.12. The van der Waals surface area contributed by atoms with Crippen LogP contribution in [0.3, 0.4) is 0 Å². The highest BCUT2D eigenvalue weighted by Crippen LogP contribution is 2.28. The molecule has 0 spiro atoms. The van der Waals surface area contributed by atoms with Crippen LogP contribution >= 0.6 is 11.3 Å². The van der Waals surface area contributed by atoms with E-state index in [4.69, 9.17) is 0 Å². The third-order valence-electron chi connectivity index (χ3n) is 6.60. The molecule has 1 saturated heterocycles. The number of carbonyl (C=O) groups excluding carboxylic acids is 2. The van der Waals surface area contributed by atoms with Crippen molar-refractivity contribution >= 4 is 23.2 Å². The highest BCUT2D eigenvalue weighted by atomic mass is 32.1. The van der Waals surface area contributed by atoms with Crippen LogP contribution in [0, 0.1) is 12.8 Å². The maximum Gasteiger partial charge on any atom is 0.263 e. The van der Waals surface area contributed by atoms with Crippen LogP contribution in [0.1, 0.15) is 40.2 Å². The van der Waals surface area contributed by atoms with Gasteiger partial charge >= 0.3 is 0 Å². The Labute approximate surface area is 199 Å². The standard InChI is InChI=1S/C26H32N4O2S/c1-20-10-16-30(27-20)17-13-25(31)29-14-11-22(12-15-29)23(19-21-7-4-3-5-8-21)28(2)26(32)24-9-6-18-33-24/h3-10,16,18,22-23H,11-15,17,19H2,1-2H3/t23-/m1/s1. The van der Waals surface area contributed by atoms with Gasteiger partial charge in [-0.3, -0.25) is 14.3 Å². The number of likely N-dealkylation sites (tertiary alicyclic amines) is 1. The molecule has 0 unspecified atom stereocenters. The number of benzene rings is 1. The minimum absolute atomic E-state index is 0.0824. The van der Waals surface area contributed by atoms with Crippen LogP contribution in [0.4, 0.5) is 0 Å². The Balaban J connectivity index is 1.39. The van der Waals surface area contributed by atoms with Crippen molar-refractivity contribution in [2.45, 2.75) is 45.2 Å². The fourth-order valence-corrected chi connectivity index (χ4v) is 5.40. The van der Waals surface area contributed by atoms with Crippen LogP contribution in [-0.4, -0.2) is 57.6 Å². The Bertz CT molecular complexity index is 1040. The molecule has 6 nitrogen and oxygen atoms in total. The second-order valence-corrected chi connectivity index (χ2v) is 9.79. The van der Waals surface area contributed by atoms with Crippen LogP contribution in [0.2, 0.25) is 0 Å². The van der Waals surface area contributed by atoms with Gasteiger partial charge in [-0.25, -0.2) is 0 Å². The summed E-state index contributed by atoms with van der Waals surface area (Å²) in [6, 6.07) is 16.3. The molecule has 2 aromatic heterocycles. The van der Waals surface area contributed by atoms with Crippen molar-refractivity contribution < 1.29 is 9.59 Å². The predicted octanol–water partition coefficient (Wildman–Crippen LogP) is 4.27. The van der Waals surface area contributed by atoms with Crippen molar-refractivity contribution in [3.8, 4) is 0 Å². The van der Waals surface area contributed by atoms with Gasteiger partial charge in [0.15, 0.2) is 0 Å². The minimum Gasteiger partial charge on any atom is -0.343 e. The molecule has 1 aliphatic heterocycles. The number of aromatic nitrogens is 2. The lowest BCUT2D eigenvalue weighted by molar-refractivity contribution is -0.133. The van der Waals surface area contributed by atoms with Crippen LogP contribution in [-0.2, 0) is 17.8 Å². The SMILES string of the molecule is Cc1ccn(CCC(=O)N2CCC([C@@H](Cc3ccccc3)N(C)C(=O)c3cccs3)CC2)n1. The molecule has 1 atom stereocenters. The van der Waals surface area contributed by atoms with Gasteiger partial charge in [0.25, 0.3) is 5.91 Å².